The predicted molar refractivity (Wildman–Crippen MR) is 128 cm³/mol. The molecule has 33 heavy (non-hydrogen) atoms. The van der Waals surface area contributed by atoms with Crippen LogP contribution in [0.25, 0.3) is 0 Å². The normalized spacial score (nSPS) is 15.8. The zero-order chi connectivity index (χ0) is 23.3. The minimum atomic E-state index is -3.52. The number of nitrogens with one attached hydrogen (secondary N) is 1. The molecule has 0 bridgehead atoms. The van der Waals surface area contributed by atoms with E-state index in [2.05, 4.69) is 5.32 Å². The Balaban J connectivity index is 1.48. The second kappa shape index (κ2) is 10.4. The number of halogens is 1. The number of anilines is 1. The van der Waals surface area contributed by atoms with Crippen LogP contribution >= 0.6 is 11.6 Å². The molecule has 1 N–H and O–H groups in total. The van der Waals surface area contributed by atoms with E-state index >= 15 is 0 Å². The second-order valence-electron chi connectivity index (χ2n) is 7.81. The Hall–Kier alpha value is -2.87. The molecule has 0 aliphatic carbocycles. The third-order valence-electron chi connectivity index (χ3n) is 5.29. The second-order valence-corrected chi connectivity index (χ2v) is 10.2. The van der Waals surface area contributed by atoms with Crippen molar-refractivity contribution in [2.45, 2.75) is 29.6 Å². The van der Waals surface area contributed by atoms with Gasteiger partial charge in [-0.15, -0.1) is 0 Å². The summed E-state index contributed by atoms with van der Waals surface area (Å²) in [5, 5.41) is 3.28. The molecular formula is C25H24ClNO5S. The number of benzene rings is 3. The van der Waals surface area contributed by atoms with Gasteiger partial charge in [0.25, 0.3) is 5.91 Å². The monoisotopic (exact) mass is 485 g/mol. The van der Waals surface area contributed by atoms with Gasteiger partial charge in [0.05, 0.1) is 22.4 Å². The lowest BCUT2D eigenvalue weighted by molar-refractivity contribution is 0.0682. The molecule has 1 atom stereocenters. The van der Waals surface area contributed by atoms with Gasteiger partial charge >= 0.3 is 0 Å². The van der Waals surface area contributed by atoms with Gasteiger partial charge in [0.15, 0.2) is 9.84 Å². The Morgan fingerprint density at radius 2 is 1.88 bits per heavy atom. The maximum atomic E-state index is 12.9. The van der Waals surface area contributed by atoms with E-state index in [0.717, 1.165) is 19.4 Å². The molecule has 1 unspecified atom stereocenters. The summed E-state index contributed by atoms with van der Waals surface area (Å²) in [7, 11) is -3.52. The fourth-order valence-electron chi connectivity index (χ4n) is 3.61. The topological polar surface area (TPSA) is 81.7 Å². The summed E-state index contributed by atoms with van der Waals surface area (Å²) in [5.74, 6) is -0.102. The summed E-state index contributed by atoms with van der Waals surface area (Å²) in [4.78, 5) is 13.2. The highest BCUT2D eigenvalue weighted by Crippen LogP contribution is 2.29. The Labute approximate surface area is 198 Å². The number of hydrogen-bond donors (Lipinski definition) is 1. The first-order valence-electron chi connectivity index (χ1n) is 10.6. The molecule has 1 heterocycles. The molecule has 4 rings (SSSR count). The van der Waals surface area contributed by atoms with Crippen molar-refractivity contribution in [3.05, 3.63) is 88.9 Å². The Morgan fingerprint density at radius 3 is 2.64 bits per heavy atom. The highest BCUT2D eigenvalue weighted by Gasteiger charge is 2.19. The minimum absolute atomic E-state index is 0.0347. The molecular weight excluding hydrogens is 462 g/mol. The standard InChI is InChI=1S/C25H24ClNO5S/c26-20-11-12-24(32-16-21-8-5-13-31-21)23(15-20)27-25(28)19-7-4-6-18(14-19)17-33(29,30)22-9-2-1-3-10-22/h1-4,6-7,9-12,14-15,21H,5,8,13,16-17H2,(H,27,28). The summed E-state index contributed by atoms with van der Waals surface area (Å²) in [6.07, 6.45) is 1.98. The van der Waals surface area contributed by atoms with Gasteiger partial charge in [-0.05, 0) is 60.9 Å². The fraction of sp³-hybridized carbons (Fsp3) is 0.240. The number of carbonyl (C=O) groups is 1. The van der Waals surface area contributed by atoms with Crippen molar-refractivity contribution in [2.24, 2.45) is 0 Å². The van der Waals surface area contributed by atoms with Gasteiger partial charge in [0.1, 0.15) is 12.4 Å². The fourth-order valence-corrected chi connectivity index (χ4v) is 5.14. The smallest absolute Gasteiger partial charge is 0.255 e. The zero-order valence-corrected chi connectivity index (χ0v) is 19.4. The van der Waals surface area contributed by atoms with Crippen LogP contribution in [0.15, 0.2) is 77.7 Å². The molecule has 8 heteroatoms. The number of amides is 1. The highest BCUT2D eigenvalue weighted by molar-refractivity contribution is 7.90. The first-order valence-corrected chi connectivity index (χ1v) is 12.7. The van der Waals surface area contributed by atoms with Crippen LogP contribution in [-0.2, 0) is 20.3 Å². The summed E-state index contributed by atoms with van der Waals surface area (Å²) in [6.45, 7) is 1.12. The molecule has 1 amide bonds. The number of carbonyl (C=O) groups excluding carboxylic acids is 1. The van der Waals surface area contributed by atoms with Crippen LogP contribution in [0.5, 0.6) is 5.75 Å². The first kappa shape index (κ1) is 23.3. The van der Waals surface area contributed by atoms with E-state index in [9.17, 15) is 13.2 Å². The number of sulfone groups is 1. The molecule has 172 valence electrons. The van der Waals surface area contributed by atoms with Gasteiger partial charge in [-0.3, -0.25) is 4.79 Å². The molecule has 1 fully saturated rings. The Kier molecular flexibility index (Phi) is 7.33. The minimum Gasteiger partial charge on any atom is -0.489 e. The predicted octanol–water partition coefficient (Wildman–Crippen LogP) is 5.12. The lowest BCUT2D eigenvalue weighted by atomic mass is 10.1. The van der Waals surface area contributed by atoms with Crippen molar-refractivity contribution in [1.29, 1.82) is 0 Å². The maximum absolute atomic E-state index is 12.9. The maximum Gasteiger partial charge on any atom is 0.255 e. The van der Waals surface area contributed by atoms with Crippen LogP contribution in [0, 0.1) is 0 Å². The van der Waals surface area contributed by atoms with Crippen LogP contribution in [0.3, 0.4) is 0 Å². The van der Waals surface area contributed by atoms with Crippen molar-refractivity contribution in [3.63, 3.8) is 0 Å². The molecule has 1 aliphatic heterocycles. The van der Waals surface area contributed by atoms with Gasteiger partial charge in [-0.1, -0.05) is 41.9 Å². The van der Waals surface area contributed by atoms with Crippen LogP contribution < -0.4 is 10.1 Å². The Bertz CT molecular complexity index is 1220. The van der Waals surface area contributed by atoms with Crippen LogP contribution in [0.1, 0.15) is 28.8 Å². The molecule has 0 spiro atoms. The molecule has 1 aliphatic rings. The van der Waals surface area contributed by atoms with E-state index in [1.165, 1.54) is 0 Å². The van der Waals surface area contributed by atoms with Crippen molar-refractivity contribution < 1.29 is 22.7 Å². The Morgan fingerprint density at radius 1 is 1.06 bits per heavy atom. The molecule has 0 saturated carbocycles. The largest absolute Gasteiger partial charge is 0.489 e. The van der Waals surface area contributed by atoms with Gasteiger partial charge in [0.2, 0.25) is 0 Å². The average molecular weight is 486 g/mol. The zero-order valence-electron chi connectivity index (χ0n) is 17.9. The third-order valence-corrected chi connectivity index (χ3v) is 7.23. The number of rotatable bonds is 8. The molecule has 3 aromatic rings. The number of ether oxygens (including phenoxy) is 2. The van der Waals surface area contributed by atoms with Crippen LogP contribution in [-0.4, -0.2) is 33.6 Å². The van der Waals surface area contributed by atoms with Crippen LogP contribution in [0.4, 0.5) is 5.69 Å². The molecule has 0 radical (unpaired) electrons. The third kappa shape index (κ3) is 6.13. The average Bonchev–Trinajstić information content (AvgIpc) is 3.33. The lowest BCUT2D eigenvalue weighted by Gasteiger charge is -2.16. The van der Waals surface area contributed by atoms with E-state index in [1.54, 1.807) is 72.8 Å². The molecule has 1 saturated heterocycles. The number of hydrogen-bond acceptors (Lipinski definition) is 5. The summed E-state index contributed by atoms with van der Waals surface area (Å²) >= 11 is 6.13. The summed E-state index contributed by atoms with van der Waals surface area (Å²) in [6, 6.07) is 19.8. The van der Waals surface area contributed by atoms with Crippen molar-refractivity contribution >= 4 is 33.0 Å². The van der Waals surface area contributed by atoms with E-state index in [0.29, 0.717) is 34.2 Å². The first-order chi connectivity index (χ1) is 15.9. The summed E-state index contributed by atoms with van der Waals surface area (Å²) in [5.41, 5.74) is 1.29. The van der Waals surface area contributed by atoms with E-state index in [-0.39, 0.29) is 16.8 Å². The molecule has 3 aromatic carbocycles. The van der Waals surface area contributed by atoms with Gasteiger partial charge < -0.3 is 14.8 Å². The lowest BCUT2D eigenvalue weighted by Crippen LogP contribution is -2.18. The van der Waals surface area contributed by atoms with Crippen LogP contribution in [0.2, 0.25) is 5.02 Å². The van der Waals surface area contributed by atoms with E-state index in [1.807, 2.05) is 0 Å². The highest BCUT2D eigenvalue weighted by atomic mass is 35.5. The quantitative estimate of drug-likeness (QED) is 0.478. The van der Waals surface area contributed by atoms with Crippen molar-refractivity contribution in [1.82, 2.24) is 0 Å². The molecule has 6 nitrogen and oxygen atoms in total. The van der Waals surface area contributed by atoms with Gasteiger partial charge in [-0.2, -0.15) is 0 Å². The van der Waals surface area contributed by atoms with Gasteiger partial charge in [0, 0.05) is 17.2 Å². The summed E-state index contributed by atoms with van der Waals surface area (Å²) < 4.78 is 36.8. The SMILES string of the molecule is O=C(Nc1cc(Cl)ccc1OCC1CCCO1)c1cccc(CS(=O)(=O)c2ccccc2)c1. The molecule has 0 aromatic heterocycles. The van der Waals surface area contributed by atoms with Crippen molar-refractivity contribution in [3.8, 4) is 5.75 Å². The van der Waals surface area contributed by atoms with E-state index in [4.69, 9.17) is 21.1 Å². The van der Waals surface area contributed by atoms with Crippen molar-refractivity contribution in [2.75, 3.05) is 18.5 Å². The van der Waals surface area contributed by atoms with Gasteiger partial charge in [-0.25, -0.2) is 8.42 Å². The van der Waals surface area contributed by atoms with E-state index < -0.39 is 15.7 Å².